The number of pyridine rings is 1. The fourth-order valence-corrected chi connectivity index (χ4v) is 2.37. The van der Waals surface area contributed by atoms with Gasteiger partial charge in [0.15, 0.2) is 0 Å². The first-order valence-electron chi connectivity index (χ1n) is 6.46. The fraction of sp³-hybridized carbons (Fsp3) is 0.118. The lowest BCUT2D eigenvalue weighted by Gasteiger charge is -2.07. The second-order valence-electron chi connectivity index (χ2n) is 4.61. The topological polar surface area (TPSA) is 24.9 Å². The maximum atomic E-state index is 4.40. The highest BCUT2D eigenvalue weighted by atomic mass is 14.8. The van der Waals surface area contributed by atoms with Gasteiger partial charge in [0.2, 0.25) is 0 Å². The molecule has 3 aromatic rings. The summed E-state index contributed by atoms with van der Waals surface area (Å²) in [6.45, 7) is 0. The molecule has 0 amide bonds. The van der Waals surface area contributed by atoms with Crippen LogP contribution in [0.3, 0.4) is 0 Å². The van der Waals surface area contributed by atoms with Crippen LogP contribution in [0.15, 0.2) is 60.8 Å². The molecule has 0 atom stereocenters. The van der Waals surface area contributed by atoms with Crippen molar-refractivity contribution >= 4 is 16.6 Å². The van der Waals surface area contributed by atoms with Crippen molar-refractivity contribution in [2.75, 3.05) is 12.4 Å². The summed E-state index contributed by atoms with van der Waals surface area (Å²) in [5.74, 6) is 0. The number of nitrogens with zero attached hydrogens (tertiary/aromatic N) is 1. The molecule has 2 aromatic carbocycles. The van der Waals surface area contributed by atoms with Crippen LogP contribution in [0.4, 0.5) is 5.69 Å². The molecule has 0 unspecified atom stereocenters. The standard InChI is InChI=1S/C17H16N2/c1-18-15-6-4-5-13(12-15)11-14-9-10-19-17-8-3-2-7-16(14)17/h2-10,12,18H,11H2,1H3. The van der Waals surface area contributed by atoms with E-state index in [1.165, 1.54) is 16.5 Å². The fourth-order valence-electron chi connectivity index (χ4n) is 2.37. The van der Waals surface area contributed by atoms with Gasteiger partial charge in [0.25, 0.3) is 0 Å². The van der Waals surface area contributed by atoms with Crippen LogP contribution in [-0.2, 0) is 6.42 Å². The Morgan fingerprint density at radius 1 is 1.00 bits per heavy atom. The van der Waals surface area contributed by atoms with Gasteiger partial charge in [-0.15, -0.1) is 0 Å². The highest BCUT2D eigenvalue weighted by Crippen LogP contribution is 2.20. The third-order valence-electron chi connectivity index (χ3n) is 3.35. The van der Waals surface area contributed by atoms with Crippen LogP contribution in [0.2, 0.25) is 0 Å². The summed E-state index contributed by atoms with van der Waals surface area (Å²) in [7, 11) is 1.95. The van der Waals surface area contributed by atoms with Crippen molar-refractivity contribution < 1.29 is 0 Å². The van der Waals surface area contributed by atoms with E-state index >= 15 is 0 Å². The lowest BCUT2D eigenvalue weighted by atomic mass is 10.0. The zero-order valence-electron chi connectivity index (χ0n) is 10.9. The van der Waals surface area contributed by atoms with Crippen molar-refractivity contribution in [3.05, 3.63) is 71.9 Å². The first-order valence-corrected chi connectivity index (χ1v) is 6.46. The second kappa shape index (κ2) is 5.11. The van der Waals surface area contributed by atoms with Crippen molar-refractivity contribution in [1.29, 1.82) is 0 Å². The lowest BCUT2D eigenvalue weighted by molar-refractivity contribution is 1.20. The number of para-hydroxylation sites is 1. The van der Waals surface area contributed by atoms with E-state index in [4.69, 9.17) is 0 Å². The van der Waals surface area contributed by atoms with Gasteiger partial charge in [0.1, 0.15) is 0 Å². The van der Waals surface area contributed by atoms with Crippen molar-refractivity contribution in [3.8, 4) is 0 Å². The summed E-state index contributed by atoms with van der Waals surface area (Å²) < 4.78 is 0. The molecule has 1 aromatic heterocycles. The first kappa shape index (κ1) is 11.7. The van der Waals surface area contributed by atoms with Gasteiger partial charge in [-0.2, -0.15) is 0 Å². The smallest absolute Gasteiger partial charge is 0.0704 e. The van der Waals surface area contributed by atoms with Gasteiger partial charge >= 0.3 is 0 Å². The third kappa shape index (κ3) is 2.43. The van der Waals surface area contributed by atoms with Gasteiger partial charge < -0.3 is 5.32 Å². The van der Waals surface area contributed by atoms with E-state index < -0.39 is 0 Å². The molecule has 19 heavy (non-hydrogen) atoms. The Hall–Kier alpha value is -2.35. The highest BCUT2D eigenvalue weighted by Gasteiger charge is 2.03. The van der Waals surface area contributed by atoms with Gasteiger partial charge in [-0.1, -0.05) is 30.3 Å². The van der Waals surface area contributed by atoms with Gasteiger partial charge in [-0.25, -0.2) is 0 Å². The molecule has 0 aliphatic rings. The minimum atomic E-state index is 0.929. The zero-order chi connectivity index (χ0) is 13.1. The molecular weight excluding hydrogens is 232 g/mol. The van der Waals surface area contributed by atoms with E-state index in [9.17, 15) is 0 Å². The average molecular weight is 248 g/mol. The van der Waals surface area contributed by atoms with Gasteiger partial charge in [0.05, 0.1) is 5.52 Å². The van der Waals surface area contributed by atoms with Crippen LogP contribution in [0.25, 0.3) is 10.9 Å². The Kier molecular flexibility index (Phi) is 3.15. The Bertz CT molecular complexity index is 699. The van der Waals surface area contributed by atoms with E-state index in [-0.39, 0.29) is 0 Å². The number of nitrogens with one attached hydrogen (secondary N) is 1. The molecule has 1 N–H and O–H groups in total. The minimum Gasteiger partial charge on any atom is -0.388 e. The quantitative estimate of drug-likeness (QED) is 0.761. The number of benzene rings is 2. The molecule has 2 heteroatoms. The van der Waals surface area contributed by atoms with Crippen LogP contribution in [-0.4, -0.2) is 12.0 Å². The van der Waals surface area contributed by atoms with E-state index in [1.54, 1.807) is 0 Å². The van der Waals surface area contributed by atoms with E-state index in [0.717, 1.165) is 17.6 Å². The van der Waals surface area contributed by atoms with Gasteiger partial charge in [0, 0.05) is 24.3 Å². The summed E-state index contributed by atoms with van der Waals surface area (Å²) in [5.41, 5.74) is 4.84. The van der Waals surface area contributed by atoms with E-state index in [0.29, 0.717) is 0 Å². The Labute approximate surface area is 113 Å². The number of fused-ring (bicyclic) bond motifs is 1. The minimum absolute atomic E-state index is 0.929. The van der Waals surface area contributed by atoms with Crippen LogP contribution in [0.5, 0.6) is 0 Å². The largest absolute Gasteiger partial charge is 0.388 e. The molecule has 0 spiro atoms. The lowest BCUT2D eigenvalue weighted by Crippen LogP contribution is -1.93. The number of hydrogen-bond acceptors (Lipinski definition) is 2. The highest BCUT2D eigenvalue weighted by molar-refractivity contribution is 5.82. The summed E-state index contributed by atoms with van der Waals surface area (Å²) in [6, 6.07) is 18.9. The van der Waals surface area contributed by atoms with Crippen LogP contribution in [0.1, 0.15) is 11.1 Å². The molecule has 3 rings (SSSR count). The van der Waals surface area contributed by atoms with Crippen molar-refractivity contribution in [3.63, 3.8) is 0 Å². The zero-order valence-corrected chi connectivity index (χ0v) is 10.9. The molecular formula is C17H16N2. The monoisotopic (exact) mass is 248 g/mol. The number of hydrogen-bond donors (Lipinski definition) is 1. The maximum Gasteiger partial charge on any atom is 0.0704 e. The number of rotatable bonds is 3. The Morgan fingerprint density at radius 3 is 2.79 bits per heavy atom. The van der Waals surface area contributed by atoms with Crippen molar-refractivity contribution in [2.24, 2.45) is 0 Å². The van der Waals surface area contributed by atoms with Crippen molar-refractivity contribution in [2.45, 2.75) is 6.42 Å². The molecule has 2 nitrogen and oxygen atoms in total. The molecule has 1 heterocycles. The SMILES string of the molecule is CNc1cccc(Cc2ccnc3ccccc23)c1. The summed E-state index contributed by atoms with van der Waals surface area (Å²) >= 11 is 0. The summed E-state index contributed by atoms with van der Waals surface area (Å²) in [4.78, 5) is 4.40. The molecule has 0 saturated heterocycles. The molecule has 0 bridgehead atoms. The second-order valence-corrected chi connectivity index (χ2v) is 4.61. The third-order valence-corrected chi connectivity index (χ3v) is 3.35. The average Bonchev–Trinajstić information content (AvgIpc) is 2.48. The molecule has 0 aliphatic heterocycles. The maximum absolute atomic E-state index is 4.40. The molecule has 0 aliphatic carbocycles. The first-order chi connectivity index (χ1) is 9.36. The molecule has 0 radical (unpaired) electrons. The van der Waals surface area contributed by atoms with Crippen LogP contribution < -0.4 is 5.32 Å². The summed E-state index contributed by atoms with van der Waals surface area (Å²) in [6.07, 6.45) is 2.82. The van der Waals surface area contributed by atoms with Crippen LogP contribution >= 0.6 is 0 Å². The predicted molar refractivity (Wildman–Crippen MR) is 80.5 cm³/mol. The number of anilines is 1. The van der Waals surface area contributed by atoms with Crippen LogP contribution in [0, 0.1) is 0 Å². The predicted octanol–water partition coefficient (Wildman–Crippen LogP) is 3.87. The van der Waals surface area contributed by atoms with Gasteiger partial charge in [-0.05, 0) is 41.8 Å². The van der Waals surface area contributed by atoms with E-state index in [1.807, 2.05) is 19.3 Å². The van der Waals surface area contributed by atoms with E-state index in [2.05, 4.69) is 58.8 Å². The molecule has 0 fully saturated rings. The number of aromatic nitrogens is 1. The molecule has 0 saturated carbocycles. The summed E-state index contributed by atoms with van der Waals surface area (Å²) in [5, 5.41) is 4.41. The normalized spacial score (nSPS) is 10.6. The van der Waals surface area contributed by atoms with Gasteiger partial charge in [-0.3, -0.25) is 4.98 Å². The Balaban J connectivity index is 2.01. The van der Waals surface area contributed by atoms with Crippen molar-refractivity contribution in [1.82, 2.24) is 4.98 Å². The Morgan fingerprint density at radius 2 is 1.89 bits per heavy atom. The molecule has 94 valence electrons.